The number of hydrogen-bond acceptors (Lipinski definition) is 4. The van der Waals surface area contributed by atoms with Gasteiger partial charge in [-0.05, 0) is 57.7 Å². The van der Waals surface area contributed by atoms with Gasteiger partial charge >= 0.3 is 6.18 Å². The predicted molar refractivity (Wildman–Crippen MR) is 96.1 cm³/mol. The molecule has 0 aromatic carbocycles. The lowest BCUT2D eigenvalue weighted by molar-refractivity contribution is -0.138. The maximum absolute atomic E-state index is 14.2. The van der Waals surface area contributed by atoms with Gasteiger partial charge in [0.05, 0.1) is 22.8 Å². The largest absolute Gasteiger partial charge is 0.417 e. The van der Waals surface area contributed by atoms with E-state index in [0.29, 0.717) is 36.5 Å². The summed E-state index contributed by atoms with van der Waals surface area (Å²) in [6.45, 7) is 1.77. The predicted octanol–water partition coefficient (Wildman–Crippen LogP) is 3.78. The molecule has 0 unspecified atom stereocenters. The molecule has 3 heterocycles. The highest BCUT2D eigenvalue weighted by Gasteiger charge is 2.50. The molecular weight excluding hydrogens is 396 g/mol. The Balaban J connectivity index is 1.32. The van der Waals surface area contributed by atoms with E-state index in [1.807, 2.05) is 0 Å². The SMILES string of the molecule is O=S1(=O)CC2(CCN([C@H]3CC[C@@H](c4ncc(C(F)(F)F)cc4F)CC3)CC2)C1. The molecule has 0 N–H and O–H groups in total. The van der Waals surface area contributed by atoms with E-state index in [1.54, 1.807) is 0 Å². The highest BCUT2D eigenvalue weighted by molar-refractivity contribution is 7.92. The Labute approximate surface area is 162 Å². The Kier molecular flexibility index (Phi) is 4.97. The smallest absolute Gasteiger partial charge is 0.300 e. The number of halogens is 4. The Hall–Kier alpha value is -1.22. The lowest BCUT2D eigenvalue weighted by Crippen LogP contribution is -2.56. The fraction of sp³-hybridized carbons (Fsp3) is 0.737. The van der Waals surface area contributed by atoms with Crippen molar-refractivity contribution in [2.75, 3.05) is 24.6 Å². The molecule has 28 heavy (non-hydrogen) atoms. The van der Waals surface area contributed by atoms with Crippen molar-refractivity contribution >= 4 is 9.84 Å². The molecule has 1 saturated carbocycles. The Morgan fingerprint density at radius 3 is 2.18 bits per heavy atom. The molecule has 2 aliphatic heterocycles. The number of alkyl halides is 3. The van der Waals surface area contributed by atoms with Gasteiger partial charge in [-0.25, -0.2) is 12.8 Å². The van der Waals surface area contributed by atoms with E-state index in [2.05, 4.69) is 9.88 Å². The zero-order chi connectivity index (χ0) is 20.2. The Morgan fingerprint density at radius 1 is 1.07 bits per heavy atom. The summed E-state index contributed by atoms with van der Waals surface area (Å²) < 4.78 is 75.2. The minimum Gasteiger partial charge on any atom is -0.300 e. The number of aromatic nitrogens is 1. The van der Waals surface area contributed by atoms with Crippen molar-refractivity contribution in [2.45, 2.75) is 56.7 Å². The van der Waals surface area contributed by atoms with Crippen LogP contribution < -0.4 is 0 Å². The summed E-state index contributed by atoms with van der Waals surface area (Å²) >= 11 is 0. The quantitative estimate of drug-likeness (QED) is 0.684. The molecule has 0 bridgehead atoms. The number of likely N-dealkylation sites (tertiary alicyclic amines) is 1. The second-order valence-electron chi connectivity index (χ2n) is 8.66. The molecular formula is C19H24F4N2O2S. The fourth-order valence-corrected chi connectivity index (χ4v) is 7.52. The standard InChI is InChI=1S/C19H24F4N2O2S/c20-16-9-14(19(21,22)23)10-24-17(16)13-1-3-15(4-2-13)25-7-5-18(6-8-25)11-28(26,27)12-18/h9-10,13,15H,1-8,11-12H2/t13-,15+. The first-order valence-electron chi connectivity index (χ1n) is 9.74. The minimum absolute atomic E-state index is 0.0141. The van der Waals surface area contributed by atoms with Crippen LogP contribution in [0.2, 0.25) is 0 Å². The lowest BCUT2D eigenvalue weighted by atomic mass is 9.78. The van der Waals surface area contributed by atoms with Gasteiger partial charge in [0.1, 0.15) is 5.82 Å². The molecule has 0 radical (unpaired) electrons. The zero-order valence-electron chi connectivity index (χ0n) is 15.5. The van der Waals surface area contributed by atoms with Crippen molar-refractivity contribution in [3.05, 3.63) is 29.3 Å². The average Bonchev–Trinajstić information content (AvgIpc) is 2.60. The second kappa shape index (κ2) is 6.93. The van der Waals surface area contributed by atoms with E-state index >= 15 is 0 Å². The van der Waals surface area contributed by atoms with E-state index in [0.717, 1.165) is 45.0 Å². The van der Waals surface area contributed by atoms with E-state index < -0.39 is 27.4 Å². The maximum atomic E-state index is 14.2. The van der Waals surface area contributed by atoms with Crippen molar-refractivity contribution in [3.63, 3.8) is 0 Å². The Morgan fingerprint density at radius 2 is 1.68 bits per heavy atom. The van der Waals surface area contributed by atoms with Gasteiger partial charge in [0, 0.05) is 23.6 Å². The Bertz CT molecular complexity index is 826. The van der Waals surface area contributed by atoms with Gasteiger partial charge in [0.25, 0.3) is 0 Å². The third-order valence-electron chi connectivity index (χ3n) is 6.71. The molecule has 0 atom stereocenters. The van der Waals surface area contributed by atoms with Crippen LogP contribution in [0.4, 0.5) is 17.6 Å². The topological polar surface area (TPSA) is 50.3 Å². The summed E-state index contributed by atoms with van der Waals surface area (Å²) in [5.74, 6) is -0.380. The first-order valence-corrected chi connectivity index (χ1v) is 11.6. The summed E-state index contributed by atoms with van der Waals surface area (Å²) in [6.07, 6.45) is 1.07. The summed E-state index contributed by atoms with van der Waals surface area (Å²) in [7, 11) is -2.82. The van der Waals surface area contributed by atoms with Gasteiger partial charge in [-0.3, -0.25) is 4.98 Å². The number of hydrogen-bond donors (Lipinski definition) is 0. The van der Waals surface area contributed by atoms with Gasteiger partial charge in [0.15, 0.2) is 9.84 Å². The summed E-state index contributed by atoms with van der Waals surface area (Å²) in [5.41, 5.74) is -0.925. The van der Waals surface area contributed by atoms with Crippen molar-refractivity contribution < 1.29 is 26.0 Å². The highest BCUT2D eigenvalue weighted by atomic mass is 32.2. The van der Waals surface area contributed by atoms with Crippen LogP contribution in [0.15, 0.2) is 12.3 Å². The lowest BCUT2D eigenvalue weighted by Gasteiger charge is -2.49. The van der Waals surface area contributed by atoms with Crippen LogP contribution in [0, 0.1) is 11.2 Å². The van der Waals surface area contributed by atoms with Crippen LogP contribution in [0.5, 0.6) is 0 Å². The van der Waals surface area contributed by atoms with Gasteiger partial charge in [-0.1, -0.05) is 0 Å². The number of pyridine rings is 1. The van der Waals surface area contributed by atoms with E-state index in [1.165, 1.54) is 0 Å². The van der Waals surface area contributed by atoms with Gasteiger partial charge in [0.2, 0.25) is 0 Å². The average molecular weight is 420 g/mol. The van der Waals surface area contributed by atoms with Crippen LogP contribution in [-0.4, -0.2) is 48.9 Å². The molecule has 4 rings (SSSR count). The van der Waals surface area contributed by atoms with Gasteiger partial charge in [-0.15, -0.1) is 0 Å². The molecule has 3 fully saturated rings. The molecule has 1 aromatic rings. The van der Waals surface area contributed by atoms with Crippen molar-refractivity contribution in [1.82, 2.24) is 9.88 Å². The van der Waals surface area contributed by atoms with Gasteiger partial charge < -0.3 is 4.90 Å². The van der Waals surface area contributed by atoms with Crippen molar-refractivity contribution in [3.8, 4) is 0 Å². The number of rotatable bonds is 2. The van der Waals surface area contributed by atoms with Crippen LogP contribution in [0.3, 0.4) is 0 Å². The first kappa shape index (κ1) is 20.1. The van der Waals surface area contributed by atoms with Crippen molar-refractivity contribution in [2.24, 2.45) is 5.41 Å². The van der Waals surface area contributed by atoms with Crippen LogP contribution in [-0.2, 0) is 16.0 Å². The fourth-order valence-electron chi connectivity index (χ4n) is 5.16. The number of sulfone groups is 1. The molecule has 3 aliphatic rings. The molecule has 0 amide bonds. The highest BCUT2D eigenvalue weighted by Crippen LogP contribution is 2.44. The summed E-state index contributed by atoms with van der Waals surface area (Å²) in [4.78, 5) is 6.20. The summed E-state index contributed by atoms with van der Waals surface area (Å²) in [6, 6.07) is 0.924. The van der Waals surface area contributed by atoms with Gasteiger partial charge in [-0.2, -0.15) is 13.2 Å². The molecule has 4 nitrogen and oxygen atoms in total. The monoisotopic (exact) mass is 420 g/mol. The van der Waals surface area contributed by atoms with E-state index in [-0.39, 0.29) is 17.0 Å². The third-order valence-corrected chi connectivity index (χ3v) is 8.81. The number of piperidine rings is 1. The second-order valence-corrected chi connectivity index (χ2v) is 10.7. The first-order chi connectivity index (χ1) is 13.1. The normalized spacial score (nSPS) is 30.1. The van der Waals surface area contributed by atoms with Crippen LogP contribution in [0.25, 0.3) is 0 Å². The zero-order valence-corrected chi connectivity index (χ0v) is 16.3. The minimum atomic E-state index is -4.59. The molecule has 1 spiro atoms. The van der Waals surface area contributed by atoms with Crippen molar-refractivity contribution in [1.29, 1.82) is 0 Å². The third kappa shape index (κ3) is 3.92. The summed E-state index contributed by atoms with van der Waals surface area (Å²) in [5, 5.41) is 0. The molecule has 156 valence electrons. The molecule has 9 heteroatoms. The molecule has 1 aromatic heterocycles. The van der Waals surface area contributed by atoms with E-state index in [9.17, 15) is 26.0 Å². The van der Waals surface area contributed by atoms with Crippen LogP contribution >= 0.6 is 0 Å². The molecule has 1 aliphatic carbocycles. The van der Waals surface area contributed by atoms with Crippen LogP contribution in [0.1, 0.15) is 55.7 Å². The number of nitrogens with zero attached hydrogens (tertiary/aromatic N) is 2. The molecule has 2 saturated heterocycles. The maximum Gasteiger partial charge on any atom is 0.417 e. The van der Waals surface area contributed by atoms with E-state index in [4.69, 9.17) is 0 Å².